The molecule has 0 N–H and O–H groups in total. The van der Waals surface area contributed by atoms with Crippen molar-refractivity contribution >= 4 is 51.7 Å². The van der Waals surface area contributed by atoms with Crippen LogP contribution in [0.2, 0.25) is 5.15 Å². The van der Waals surface area contributed by atoms with E-state index in [4.69, 9.17) is 16.3 Å². The number of aromatic nitrogens is 3. The first kappa shape index (κ1) is 21.3. The monoisotopic (exact) mass is 459 g/mol. The molecule has 10 heteroatoms. The molecule has 3 aromatic heterocycles. The Labute approximate surface area is 188 Å². The summed E-state index contributed by atoms with van der Waals surface area (Å²) in [5, 5.41) is 2.31. The van der Waals surface area contributed by atoms with E-state index in [1.165, 1.54) is 17.5 Å². The van der Waals surface area contributed by atoms with E-state index in [-0.39, 0.29) is 11.9 Å². The number of pyridine rings is 1. The Morgan fingerprint density at radius 1 is 1.26 bits per heavy atom. The van der Waals surface area contributed by atoms with Gasteiger partial charge in [0.1, 0.15) is 5.82 Å². The van der Waals surface area contributed by atoms with Crippen molar-refractivity contribution in [3.63, 3.8) is 0 Å². The highest BCUT2D eigenvalue weighted by Crippen LogP contribution is 2.22. The predicted octanol–water partition coefficient (Wildman–Crippen LogP) is 3.37. The first-order chi connectivity index (χ1) is 15.1. The number of imidazole rings is 1. The number of anilines is 1. The molecule has 4 rings (SSSR count). The summed E-state index contributed by atoms with van der Waals surface area (Å²) in [5.41, 5.74) is 1.13. The average molecular weight is 460 g/mol. The number of halogens is 1. The zero-order valence-electron chi connectivity index (χ0n) is 17.0. The van der Waals surface area contributed by atoms with Crippen LogP contribution < -0.4 is 4.90 Å². The van der Waals surface area contributed by atoms with Gasteiger partial charge in [0, 0.05) is 50.0 Å². The molecule has 0 unspecified atom stereocenters. The molecule has 31 heavy (non-hydrogen) atoms. The second-order valence-electron chi connectivity index (χ2n) is 6.97. The molecule has 0 spiro atoms. The minimum absolute atomic E-state index is 0.0614. The summed E-state index contributed by atoms with van der Waals surface area (Å²) in [6.07, 6.45) is 7.51. The lowest BCUT2D eigenvalue weighted by Crippen LogP contribution is -2.34. The van der Waals surface area contributed by atoms with E-state index < -0.39 is 0 Å². The van der Waals surface area contributed by atoms with Crippen LogP contribution in [0, 0.1) is 0 Å². The Morgan fingerprint density at radius 2 is 2.13 bits per heavy atom. The van der Waals surface area contributed by atoms with Gasteiger partial charge in [0.2, 0.25) is 5.91 Å². The molecule has 1 aliphatic heterocycles. The third-order valence-corrected chi connectivity index (χ3v) is 6.06. The molecule has 0 aromatic carbocycles. The molecule has 3 aromatic rings. The summed E-state index contributed by atoms with van der Waals surface area (Å²) in [5.74, 6) is 0.344. The van der Waals surface area contributed by atoms with Gasteiger partial charge in [0.05, 0.1) is 17.9 Å². The van der Waals surface area contributed by atoms with Gasteiger partial charge >= 0.3 is 5.97 Å². The number of hydrogen-bond acceptors (Lipinski definition) is 7. The van der Waals surface area contributed by atoms with E-state index in [2.05, 4.69) is 14.9 Å². The molecule has 1 saturated heterocycles. The van der Waals surface area contributed by atoms with Crippen molar-refractivity contribution in [2.75, 3.05) is 37.7 Å². The van der Waals surface area contributed by atoms with E-state index in [9.17, 15) is 9.59 Å². The van der Waals surface area contributed by atoms with Crippen LogP contribution in [0.1, 0.15) is 29.4 Å². The Balaban J connectivity index is 1.38. The normalized spacial score (nSPS) is 14.9. The van der Waals surface area contributed by atoms with Gasteiger partial charge in [0.15, 0.2) is 10.1 Å². The molecule has 1 aliphatic rings. The van der Waals surface area contributed by atoms with Gasteiger partial charge in [0.25, 0.3) is 0 Å². The van der Waals surface area contributed by atoms with Crippen molar-refractivity contribution in [1.29, 1.82) is 0 Å². The number of carbonyl (C=O) groups is 2. The second kappa shape index (κ2) is 9.49. The Kier molecular flexibility index (Phi) is 6.53. The van der Waals surface area contributed by atoms with Crippen molar-refractivity contribution in [2.24, 2.45) is 0 Å². The van der Waals surface area contributed by atoms with Crippen LogP contribution in [0.15, 0.2) is 36.0 Å². The fourth-order valence-corrected chi connectivity index (χ4v) is 4.46. The fraction of sp³-hybridized carbons (Fsp3) is 0.333. The summed E-state index contributed by atoms with van der Waals surface area (Å²) in [4.78, 5) is 38.0. The molecule has 162 valence electrons. The zero-order chi connectivity index (χ0) is 21.8. The van der Waals surface area contributed by atoms with Crippen molar-refractivity contribution in [2.45, 2.75) is 13.3 Å². The van der Waals surface area contributed by atoms with Gasteiger partial charge in [-0.05, 0) is 31.6 Å². The number of rotatable bonds is 5. The van der Waals surface area contributed by atoms with Crippen molar-refractivity contribution in [1.82, 2.24) is 19.3 Å². The molecule has 0 atom stereocenters. The van der Waals surface area contributed by atoms with Crippen LogP contribution in [0.3, 0.4) is 0 Å². The maximum Gasteiger partial charge on any atom is 0.339 e. The van der Waals surface area contributed by atoms with Gasteiger partial charge in [-0.2, -0.15) is 0 Å². The maximum atomic E-state index is 12.7. The Hall–Kier alpha value is -2.91. The summed E-state index contributed by atoms with van der Waals surface area (Å²) < 4.78 is 6.86. The molecule has 4 heterocycles. The van der Waals surface area contributed by atoms with E-state index in [1.807, 2.05) is 26.9 Å². The number of amides is 1. The van der Waals surface area contributed by atoms with Crippen LogP contribution in [0.5, 0.6) is 0 Å². The second-order valence-corrected chi connectivity index (χ2v) is 8.20. The van der Waals surface area contributed by atoms with E-state index in [1.54, 1.807) is 25.1 Å². The van der Waals surface area contributed by atoms with Gasteiger partial charge < -0.3 is 14.5 Å². The summed E-state index contributed by atoms with van der Waals surface area (Å²) in [7, 11) is 0. The van der Waals surface area contributed by atoms with E-state index in [0.717, 1.165) is 23.7 Å². The smallest absolute Gasteiger partial charge is 0.339 e. The number of hydrogen-bond donors (Lipinski definition) is 0. The molecule has 0 bridgehead atoms. The number of carbonyl (C=O) groups excluding carboxylic acids is 2. The quantitative estimate of drug-likeness (QED) is 0.430. The lowest BCUT2D eigenvalue weighted by atomic mass is 10.2. The zero-order valence-corrected chi connectivity index (χ0v) is 18.6. The highest BCUT2D eigenvalue weighted by molar-refractivity contribution is 7.15. The highest BCUT2D eigenvalue weighted by Gasteiger charge is 2.19. The Bertz CT molecular complexity index is 1110. The van der Waals surface area contributed by atoms with E-state index in [0.29, 0.717) is 42.7 Å². The van der Waals surface area contributed by atoms with Gasteiger partial charge in [-0.3, -0.25) is 9.20 Å². The number of ether oxygens (including phenoxy) is 1. The standard InChI is InChI=1S/C21H22ClN5O3S/c1-2-30-20(29)15-4-6-17(23-14-15)25-8-3-9-26(11-10-25)18(28)7-5-16-19(22)24-21-27(16)12-13-31-21/h4-7,12-14H,2-3,8-11H2,1H3/b7-5+. The molecule has 0 saturated carbocycles. The van der Waals surface area contributed by atoms with Gasteiger partial charge in [-0.25, -0.2) is 14.8 Å². The molecule has 1 fully saturated rings. The lowest BCUT2D eigenvalue weighted by molar-refractivity contribution is -0.125. The van der Waals surface area contributed by atoms with Crippen molar-refractivity contribution in [3.8, 4) is 0 Å². The van der Waals surface area contributed by atoms with Crippen LogP contribution in [0.4, 0.5) is 5.82 Å². The number of esters is 1. The summed E-state index contributed by atoms with van der Waals surface area (Å²) in [6, 6.07) is 3.54. The maximum absolute atomic E-state index is 12.7. The minimum Gasteiger partial charge on any atom is -0.462 e. The van der Waals surface area contributed by atoms with Gasteiger partial charge in [-0.1, -0.05) is 11.6 Å². The van der Waals surface area contributed by atoms with Crippen LogP contribution >= 0.6 is 22.9 Å². The third kappa shape index (κ3) is 4.72. The summed E-state index contributed by atoms with van der Waals surface area (Å²) >= 11 is 7.69. The van der Waals surface area contributed by atoms with Crippen LogP contribution in [-0.2, 0) is 9.53 Å². The van der Waals surface area contributed by atoms with Crippen LogP contribution in [0.25, 0.3) is 11.0 Å². The topological polar surface area (TPSA) is 80.0 Å². The van der Waals surface area contributed by atoms with Crippen molar-refractivity contribution in [3.05, 3.63) is 52.4 Å². The molecular formula is C21H22ClN5O3S. The SMILES string of the molecule is CCOC(=O)c1ccc(N2CCCN(C(=O)/C=C/c3c(Cl)nc4sccn34)CC2)nc1. The average Bonchev–Trinajstić information content (AvgIpc) is 3.23. The lowest BCUT2D eigenvalue weighted by Gasteiger charge is -2.22. The van der Waals surface area contributed by atoms with Crippen LogP contribution in [-0.4, -0.2) is 63.9 Å². The number of fused-ring (bicyclic) bond motifs is 1. The fourth-order valence-electron chi connectivity index (χ4n) is 3.46. The van der Waals surface area contributed by atoms with Gasteiger partial charge in [-0.15, -0.1) is 11.3 Å². The molecular weight excluding hydrogens is 438 g/mol. The van der Waals surface area contributed by atoms with E-state index >= 15 is 0 Å². The van der Waals surface area contributed by atoms with Crippen molar-refractivity contribution < 1.29 is 14.3 Å². The minimum atomic E-state index is -0.376. The molecule has 0 radical (unpaired) electrons. The largest absolute Gasteiger partial charge is 0.462 e. The first-order valence-electron chi connectivity index (χ1n) is 10.0. The predicted molar refractivity (Wildman–Crippen MR) is 121 cm³/mol. The molecule has 8 nitrogen and oxygen atoms in total. The Morgan fingerprint density at radius 3 is 2.90 bits per heavy atom. The first-order valence-corrected chi connectivity index (χ1v) is 11.3. The number of nitrogens with zero attached hydrogens (tertiary/aromatic N) is 5. The summed E-state index contributed by atoms with van der Waals surface area (Å²) in [6.45, 7) is 4.78. The highest BCUT2D eigenvalue weighted by atomic mass is 35.5. The molecule has 1 amide bonds. The third-order valence-electron chi connectivity index (χ3n) is 5.03. The molecule has 0 aliphatic carbocycles. The number of thiazole rings is 1.